The highest BCUT2D eigenvalue weighted by molar-refractivity contribution is 7.80. The van der Waals surface area contributed by atoms with Crippen molar-refractivity contribution in [3.05, 3.63) is 24.0 Å². The molecule has 0 N–H and O–H groups in total. The second-order valence-electron chi connectivity index (χ2n) is 8.14. The number of cyclic esters (lactones) is 1. The second-order valence-corrected chi connectivity index (χ2v) is 8.49. The Hall–Kier alpha value is -3.13. The van der Waals surface area contributed by atoms with E-state index in [9.17, 15) is 19.2 Å². The molecule has 1 aromatic rings. The maximum absolute atomic E-state index is 15.0. The first-order valence-corrected chi connectivity index (χ1v) is 10.7. The zero-order chi connectivity index (χ0) is 23.0. The van der Waals surface area contributed by atoms with E-state index in [0.717, 1.165) is 0 Å². The Balaban J connectivity index is 1.40. The molecule has 170 valence electrons. The SMILES string of the molecule is COC(=S)N(C)[C@@H]1CN(c2ccc(N3CCN(C(=O)C4(C#N)CC4)CC3)c(F)c2)C(=O)O1. The zero-order valence-electron chi connectivity index (χ0n) is 17.9. The fourth-order valence-corrected chi connectivity index (χ4v) is 4.11. The predicted molar refractivity (Wildman–Crippen MR) is 117 cm³/mol. The normalized spacial score (nSPS) is 21.6. The molecule has 0 aromatic heterocycles. The Morgan fingerprint density at radius 3 is 2.59 bits per heavy atom. The van der Waals surface area contributed by atoms with Gasteiger partial charge >= 0.3 is 6.09 Å². The van der Waals surface area contributed by atoms with Gasteiger partial charge in [-0.05, 0) is 43.3 Å². The number of carbonyl (C=O) groups is 2. The van der Waals surface area contributed by atoms with Crippen LogP contribution in [-0.2, 0) is 14.3 Å². The number of likely N-dealkylation sites (N-methyl/N-ethyl adjacent to an activating group) is 1. The summed E-state index contributed by atoms with van der Waals surface area (Å²) >= 11 is 5.06. The number of carbonyl (C=O) groups excluding carboxylic acids is 2. The third-order valence-electron chi connectivity index (χ3n) is 6.21. The summed E-state index contributed by atoms with van der Waals surface area (Å²) in [5.41, 5.74) is -0.0451. The van der Waals surface area contributed by atoms with Gasteiger partial charge in [0.2, 0.25) is 5.91 Å². The summed E-state index contributed by atoms with van der Waals surface area (Å²) in [4.78, 5) is 31.3. The molecule has 9 nitrogen and oxygen atoms in total. The number of rotatable bonds is 4. The summed E-state index contributed by atoms with van der Waals surface area (Å²) in [6.45, 7) is 2.00. The largest absolute Gasteiger partial charge is 0.474 e. The van der Waals surface area contributed by atoms with Gasteiger partial charge in [-0.2, -0.15) is 5.26 Å². The van der Waals surface area contributed by atoms with Crippen LogP contribution >= 0.6 is 12.2 Å². The molecule has 0 unspecified atom stereocenters. The van der Waals surface area contributed by atoms with Crippen LogP contribution in [0.15, 0.2) is 18.2 Å². The number of anilines is 2. The van der Waals surface area contributed by atoms with Gasteiger partial charge in [0.1, 0.15) is 11.2 Å². The van der Waals surface area contributed by atoms with Crippen molar-refractivity contribution in [3.63, 3.8) is 0 Å². The van der Waals surface area contributed by atoms with Crippen molar-refractivity contribution in [3.8, 4) is 6.07 Å². The number of hydrogen-bond acceptors (Lipinski definition) is 7. The lowest BCUT2D eigenvalue weighted by molar-refractivity contribution is -0.135. The summed E-state index contributed by atoms with van der Waals surface area (Å²) in [6.07, 6.45) is 0.00901. The first kappa shape index (κ1) is 22.1. The number of hydrogen-bond donors (Lipinski definition) is 0. The van der Waals surface area contributed by atoms with Gasteiger partial charge in [0.05, 0.1) is 31.1 Å². The van der Waals surface area contributed by atoms with E-state index in [0.29, 0.717) is 50.4 Å². The highest BCUT2D eigenvalue weighted by atomic mass is 32.1. The standard InChI is InChI=1S/C21H24FN5O4S/c1-24(20(32)30-2)17-12-27(19(29)31-17)14-3-4-16(15(22)11-14)25-7-9-26(10-8-25)18(28)21(13-23)5-6-21/h3-4,11,17H,5-10,12H2,1-2H3/t17-/m0/s1. The minimum Gasteiger partial charge on any atom is -0.474 e. The summed E-state index contributed by atoms with van der Waals surface area (Å²) < 4.78 is 25.3. The van der Waals surface area contributed by atoms with Crippen molar-refractivity contribution in [1.29, 1.82) is 5.26 Å². The predicted octanol–water partition coefficient (Wildman–Crippen LogP) is 1.92. The fraction of sp³-hybridized carbons (Fsp3) is 0.524. The minimum atomic E-state index is -0.835. The number of benzene rings is 1. The molecule has 3 aliphatic rings. The van der Waals surface area contributed by atoms with E-state index in [2.05, 4.69) is 6.07 Å². The monoisotopic (exact) mass is 461 g/mol. The van der Waals surface area contributed by atoms with Gasteiger partial charge in [-0.25, -0.2) is 9.18 Å². The van der Waals surface area contributed by atoms with Crippen LogP contribution in [0.1, 0.15) is 12.8 Å². The number of amides is 2. The van der Waals surface area contributed by atoms with E-state index >= 15 is 0 Å². The Morgan fingerprint density at radius 1 is 1.34 bits per heavy atom. The van der Waals surface area contributed by atoms with Gasteiger partial charge in [0.15, 0.2) is 6.23 Å². The third-order valence-corrected chi connectivity index (χ3v) is 6.67. The topological polar surface area (TPSA) is 89.4 Å². The Kier molecular flexibility index (Phi) is 5.81. The lowest BCUT2D eigenvalue weighted by Gasteiger charge is -2.37. The molecule has 1 atom stereocenters. The van der Waals surface area contributed by atoms with Crippen molar-refractivity contribution in [2.45, 2.75) is 19.1 Å². The Morgan fingerprint density at radius 2 is 2.03 bits per heavy atom. The van der Waals surface area contributed by atoms with Gasteiger partial charge in [-0.3, -0.25) is 14.6 Å². The number of halogens is 1. The Bertz CT molecular complexity index is 987. The average molecular weight is 462 g/mol. The highest BCUT2D eigenvalue weighted by Crippen LogP contribution is 2.46. The zero-order valence-corrected chi connectivity index (χ0v) is 18.7. The van der Waals surface area contributed by atoms with Gasteiger partial charge < -0.3 is 19.3 Å². The third kappa shape index (κ3) is 3.90. The summed E-state index contributed by atoms with van der Waals surface area (Å²) in [5.74, 6) is -0.578. The van der Waals surface area contributed by atoms with Crippen LogP contribution in [0.4, 0.5) is 20.6 Å². The van der Waals surface area contributed by atoms with Crippen LogP contribution in [-0.4, -0.2) is 80.1 Å². The lowest BCUT2D eigenvalue weighted by atomic mass is 10.1. The number of nitriles is 1. The molecule has 4 rings (SSSR count). The van der Waals surface area contributed by atoms with Gasteiger partial charge in [0.25, 0.3) is 5.17 Å². The summed E-state index contributed by atoms with van der Waals surface area (Å²) in [6, 6.07) is 6.74. The van der Waals surface area contributed by atoms with E-state index in [4.69, 9.17) is 21.7 Å². The summed E-state index contributed by atoms with van der Waals surface area (Å²) in [5, 5.41) is 9.42. The van der Waals surface area contributed by atoms with Crippen molar-refractivity contribution in [2.24, 2.45) is 5.41 Å². The minimum absolute atomic E-state index is 0.115. The highest BCUT2D eigenvalue weighted by Gasteiger charge is 2.52. The van der Waals surface area contributed by atoms with E-state index in [1.807, 2.05) is 4.90 Å². The molecule has 11 heteroatoms. The first-order valence-electron chi connectivity index (χ1n) is 10.3. The Labute approximate surface area is 190 Å². The molecule has 32 heavy (non-hydrogen) atoms. The van der Waals surface area contributed by atoms with Crippen LogP contribution in [0.25, 0.3) is 0 Å². The number of thiocarbonyl (C=S) groups is 1. The second kappa shape index (κ2) is 8.43. The fourth-order valence-electron chi connectivity index (χ4n) is 3.99. The van der Waals surface area contributed by atoms with Gasteiger partial charge in [-0.1, -0.05) is 0 Å². The van der Waals surface area contributed by atoms with E-state index in [1.165, 1.54) is 23.0 Å². The molecule has 1 aliphatic carbocycles. The van der Waals surface area contributed by atoms with Crippen molar-refractivity contribution in [1.82, 2.24) is 9.80 Å². The molecule has 2 heterocycles. The maximum Gasteiger partial charge on any atom is 0.416 e. The number of ether oxygens (including phenoxy) is 2. The van der Waals surface area contributed by atoms with Crippen molar-refractivity contribution < 1.29 is 23.5 Å². The van der Waals surface area contributed by atoms with E-state index < -0.39 is 23.6 Å². The van der Waals surface area contributed by atoms with E-state index in [-0.39, 0.29) is 17.6 Å². The van der Waals surface area contributed by atoms with Gasteiger partial charge in [0, 0.05) is 33.2 Å². The molecule has 0 bridgehead atoms. The lowest BCUT2D eigenvalue weighted by Crippen LogP contribution is -2.51. The number of piperazine rings is 1. The van der Waals surface area contributed by atoms with Crippen molar-refractivity contribution >= 4 is 40.8 Å². The van der Waals surface area contributed by atoms with Crippen LogP contribution in [0.3, 0.4) is 0 Å². The van der Waals surface area contributed by atoms with Gasteiger partial charge in [-0.15, -0.1) is 0 Å². The van der Waals surface area contributed by atoms with E-state index in [1.54, 1.807) is 24.1 Å². The quantitative estimate of drug-likeness (QED) is 0.629. The smallest absolute Gasteiger partial charge is 0.416 e. The van der Waals surface area contributed by atoms with Crippen LogP contribution < -0.4 is 9.80 Å². The maximum atomic E-state index is 15.0. The number of nitrogens with zero attached hydrogens (tertiary/aromatic N) is 5. The molecule has 3 fully saturated rings. The molecule has 1 aromatic carbocycles. The average Bonchev–Trinajstić information content (AvgIpc) is 3.52. The van der Waals surface area contributed by atoms with Crippen LogP contribution in [0, 0.1) is 22.6 Å². The molecule has 2 aliphatic heterocycles. The molecule has 1 saturated carbocycles. The first-order chi connectivity index (χ1) is 15.3. The molecule has 0 spiro atoms. The molecular weight excluding hydrogens is 437 g/mol. The summed E-state index contributed by atoms with van der Waals surface area (Å²) in [7, 11) is 3.09. The molecular formula is C21H24FN5O4S. The van der Waals surface area contributed by atoms with Crippen LogP contribution in [0.5, 0.6) is 0 Å². The molecule has 0 radical (unpaired) electrons. The van der Waals surface area contributed by atoms with Crippen LogP contribution in [0.2, 0.25) is 0 Å². The van der Waals surface area contributed by atoms with Crippen molar-refractivity contribution in [2.75, 3.05) is 56.7 Å². The molecule has 2 saturated heterocycles. The number of methoxy groups -OCH3 is 1. The molecule has 2 amide bonds.